The van der Waals surface area contributed by atoms with Crippen LogP contribution in [0.4, 0.5) is 0 Å². The molecule has 0 N–H and O–H groups in total. The average molecular weight is 106 g/mol. The van der Waals surface area contributed by atoms with Gasteiger partial charge in [0, 0.05) is 0 Å². The minimum atomic E-state index is 1.24. The topological polar surface area (TPSA) is 0 Å². The Kier molecular flexibility index (Phi) is 1.81. The van der Waals surface area contributed by atoms with E-state index in [1.165, 1.54) is 22.5 Å². The van der Waals surface area contributed by atoms with Crippen molar-refractivity contribution in [1.29, 1.82) is 0 Å². The van der Waals surface area contributed by atoms with Gasteiger partial charge in [-0.05, 0) is 0 Å². The van der Waals surface area contributed by atoms with Gasteiger partial charge in [0.15, 0.2) is 0 Å². The first kappa shape index (κ1) is 4.36. The van der Waals surface area contributed by atoms with Crippen molar-refractivity contribution in [2.24, 2.45) is 0 Å². The summed E-state index contributed by atoms with van der Waals surface area (Å²) in [5.41, 5.74) is 0. The Morgan fingerprint density at radius 3 is 2.00 bits per heavy atom. The zero-order valence-electron chi connectivity index (χ0n) is 2.91. The fourth-order valence-electron chi connectivity index (χ4n) is 0. The molecule has 0 nitrogen and oxygen atoms in total. The number of hydrogen-bond donors (Lipinski definition) is 0. The van der Waals surface area contributed by atoms with E-state index in [2.05, 4.69) is 6.58 Å². The molecule has 0 fully saturated rings. The van der Waals surface area contributed by atoms with Gasteiger partial charge >= 0.3 is 36.0 Å². The molecule has 0 aliphatic rings. The molecule has 0 saturated carbocycles. The number of allylic oxidation sites excluding steroid dienone is 1. The summed E-state index contributed by atoms with van der Waals surface area (Å²) in [6, 6.07) is 0. The van der Waals surface area contributed by atoms with E-state index in [0.717, 1.165) is 0 Å². The van der Waals surface area contributed by atoms with Crippen LogP contribution in [-0.2, 0) is 18.3 Å². The third-order valence-corrected chi connectivity index (χ3v) is 0. The van der Waals surface area contributed by atoms with Crippen LogP contribution in [0.3, 0.4) is 0 Å². The molecule has 0 heterocycles. The second-order valence-corrected chi connectivity index (χ2v) is 3.49. The van der Waals surface area contributed by atoms with Gasteiger partial charge in [-0.3, -0.25) is 0 Å². The minimum absolute atomic E-state index is 1.24. The van der Waals surface area contributed by atoms with Crippen molar-refractivity contribution in [1.82, 2.24) is 0 Å². The van der Waals surface area contributed by atoms with E-state index < -0.39 is 0 Å². The van der Waals surface area contributed by atoms with Crippen LogP contribution in [-0.4, -0.2) is 0 Å². The molecule has 1 heteroatoms. The van der Waals surface area contributed by atoms with Crippen LogP contribution in [0.1, 0.15) is 6.92 Å². The van der Waals surface area contributed by atoms with E-state index in [1.54, 1.807) is 0 Å². The molecular formula is C3H5Zn. The van der Waals surface area contributed by atoms with Gasteiger partial charge in [-0.2, -0.15) is 0 Å². The molecule has 0 spiro atoms. The molecule has 0 radical (unpaired) electrons. The Bertz CT molecular complexity index is 26.3. The van der Waals surface area contributed by atoms with E-state index in [-0.39, 0.29) is 0 Å². The molecule has 0 aromatic rings. The van der Waals surface area contributed by atoms with Crippen molar-refractivity contribution in [2.75, 3.05) is 0 Å². The summed E-state index contributed by atoms with van der Waals surface area (Å²) < 4.78 is 1.29. The molecule has 0 rings (SSSR count). The molecule has 0 amide bonds. The maximum absolute atomic E-state index is 3.61. The van der Waals surface area contributed by atoms with Gasteiger partial charge in [0.1, 0.15) is 0 Å². The van der Waals surface area contributed by atoms with E-state index in [1.807, 2.05) is 6.92 Å². The van der Waals surface area contributed by atoms with Crippen molar-refractivity contribution < 1.29 is 18.3 Å². The van der Waals surface area contributed by atoms with Crippen LogP contribution >= 0.6 is 0 Å². The Labute approximate surface area is 36.6 Å². The van der Waals surface area contributed by atoms with Crippen LogP contribution < -0.4 is 0 Å². The Balaban J connectivity index is 2.80. The van der Waals surface area contributed by atoms with Gasteiger partial charge in [-0.15, -0.1) is 0 Å². The molecule has 0 bridgehead atoms. The second kappa shape index (κ2) is 1.66. The summed E-state index contributed by atoms with van der Waals surface area (Å²) in [7, 11) is 0. The summed E-state index contributed by atoms with van der Waals surface area (Å²) in [4.78, 5) is 0. The summed E-state index contributed by atoms with van der Waals surface area (Å²) in [5.74, 6) is 0. The number of rotatable bonds is 0. The molecule has 0 aliphatic heterocycles. The van der Waals surface area contributed by atoms with E-state index in [4.69, 9.17) is 0 Å². The molecule has 0 aliphatic carbocycles. The van der Waals surface area contributed by atoms with Crippen LogP contribution in [0, 0.1) is 0 Å². The van der Waals surface area contributed by atoms with Gasteiger partial charge < -0.3 is 0 Å². The monoisotopic (exact) mass is 105 g/mol. The summed E-state index contributed by atoms with van der Waals surface area (Å²) in [6.45, 7) is 5.64. The van der Waals surface area contributed by atoms with Crippen LogP contribution in [0.2, 0.25) is 0 Å². The predicted octanol–water partition coefficient (Wildman–Crippen LogP) is 1.07. The third kappa shape index (κ3) is 33.3. The number of hydrogen-bond acceptors (Lipinski definition) is 0. The van der Waals surface area contributed by atoms with Crippen LogP contribution in [0.5, 0.6) is 0 Å². The van der Waals surface area contributed by atoms with E-state index >= 15 is 0 Å². The predicted molar refractivity (Wildman–Crippen MR) is 14.8 cm³/mol. The van der Waals surface area contributed by atoms with Gasteiger partial charge in [-0.25, -0.2) is 0 Å². The fourth-order valence-corrected chi connectivity index (χ4v) is 0. The van der Waals surface area contributed by atoms with Crippen molar-refractivity contribution in [2.45, 2.75) is 6.92 Å². The van der Waals surface area contributed by atoms with E-state index in [0.29, 0.717) is 0 Å². The van der Waals surface area contributed by atoms with E-state index in [9.17, 15) is 0 Å². The SMILES string of the molecule is C=[C](C)[Zn]. The fraction of sp³-hybridized carbons (Fsp3) is 0.333. The van der Waals surface area contributed by atoms with Crippen molar-refractivity contribution in [3.8, 4) is 0 Å². The Morgan fingerprint density at radius 1 is 2.00 bits per heavy atom. The maximum atomic E-state index is 3.61. The van der Waals surface area contributed by atoms with Gasteiger partial charge in [-0.1, -0.05) is 0 Å². The molecule has 0 aromatic carbocycles. The molecule has 0 saturated heterocycles. The van der Waals surface area contributed by atoms with Crippen molar-refractivity contribution in [3.05, 3.63) is 10.7 Å². The molecule has 19 valence electrons. The average Bonchev–Trinajstić information content (AvgIpc) is 0.811. The Morgan fingerprint density at radius 2 is 2.00 bits per heavy atom. The molecular weight excluding hydrogens is 101 g/mol. The molecule has 4 heavy (non-hydrogen) atoms. The van der Waals surface area contributed by atoms with Gasteiger partial charge in [0.2, 0.25) is 0 Å². The molecule has 0 unspecified atom stereocenters. The third-order valence-electron chi connectivity index (χ3n) is 0. The van der Waals surface area contributed by atoms with Crippen LogP contribution in [0.25, 0.3) is 0 Å². The van der Waals surface area contributed by atoms with Gasteiger partial charge in [0.25, 0.3) is 0 Å². The first-order chi connectivity index (χ1) is 1.73. The zero-order chi connectivity index (χ0) is 3.58. The second-order valence-electron chi connectivity index (χ2n) is 0.957. The van der Waals surface area contributed by atoms with Crippen molar-refractivity contribution in [3.63, 3.8) is 0 Å². The zero-order valence-corrected chi connectivity index (χ0v) is 5.88. The first-order valence-corrected chi connectivity index (χ1v) is 2.69. The Hall–Kier alpha value is 0.363. The van der Waals surface area contributed by atoms with Crippen molar-refractivity contribution >= 4 is 0 Å². The quantitative estimate of drug-likeness (QED) is 0.405. The molecule has 0 aromatic heterocycles. The first-order valence-electron chi connectivity index (χ1n) is 1.21. The summed E-state index contributed by atoms with van der Waals surface area (Å²) in [6.07, 6.45) is 0. The standard InChI is InChI=1S/C3H5.Zn/c1-3-2;/h1H2,2H3;. The van der Waals surface area contributed by atoms with Crippen LogP contribution in [0.15, 0.2) is 10.7 Å². The summed E-state index contributed by atoms with van der Waals surface area (Å²) >= 11 is 1.24. The normalized spacial score (nSPS) is 6.75. The molecule has 0 atom stereocenters. The van der Waals surface area contributed by atoms with Gasteiger partial charge in [0.05, 0.1) is 0 Å². The summed E-state index contributed by atoms with van der Waals surface area (Å²) in [5, 5.41) is 0.